The van der Waals surface area contributed by atoms with Gasteiger partial charge in [0.15, 0.2) is 0 Å². The summed E-state index contributed by atoms with van der Waals surface area (Å²) in [6.45, 7) is 6.75. The Morgan fingerprint density at radius 2 is 1.89 bits per heavy atom. The second kappa shape index (κ2) is 10.3. The number of halogens is 1. The summed E-state index contributed by atoms with van der Waals surface area (Å²) in [5.74, 6) is -0.553. The van der Waals surface area contributed by atoms with Crippen LogP contribution < -0.4 is 4.74 Å². The third kappa shape index (κ3) is 5.23. The number of hydrogen-bond donors (Lipinski definition) is 1. The predicted molar refractivity (Wildman–Crippen MR) is 135 cm³/mol. The standard InChI is InChI=1S/C28H27ClN2O4/c1-17(2)16-35-23-11-8-21(13-18(23)3)26(32)24-25(20-6-9-22(29)10-7-20)31(28(34)27(24)33)15-19-5-4-12-30-14-19/h4-14,17,25,32H,15-16H2,1-3H3/b26-24+/t25-/m0/s1. The number of benzene rings is 2. The van der Waals surface area contributed by atoms with Crippen LogP contribution in [0.4, 0.5) is 0 Å². The molecule has 0 aliphatic carbocycles. The summed E-state index contributed by atoms with van der Waals surface area (Å²) >= 11 is 6.09. The number of carbonyl (C=O) groups excluding carboxylic acids is 2. The molecule has 0 spiro atoms. The molecule has 3 aromatic rings. The van der Waals surface area contributed by atoms with E-state index in [2.05, 4.69) is 18.8 Å². The number of amides is 1. The van der Waals surface area contributed by atoms with E-state index in [1.54, 1.807) is 60.9 Å². The summed E-state index contributed by atoms with van der Waals surface area (Å²) < 4.78 is 5.84. The number of carbonyl (C=O) groups is 2. The number of hydrogen-bond acceptors (Lipinski definition) is 5. The predicted octanol–water partition coefficient (Wildman–Crippen LogP) is 5.70. The van der Waals surface area contributed by atoms with E-state index < -0.39 is 17.7 Å². The Kier molecular flexibility index (Phi) is 7.22. The summed E-state index contributed by atoms with van der Waals surface area (Å²) in [6.07, 6.45) is 3.29. The van der Waals surface area contributed by atoms with E-state index >= 15 is 0 Å². The van der Waals surface area contributed by atoms with E-state index in [0.29, 0.717) is 34.4 Å². The molecule has 1 saturated heterocycles. The number of pyridine rings is 1. The van der Waals surface area contributed by atoms with Gasteiger partial charge in [0.1, 0.15) is 11.5 Å². The molecule has 0 radical (unpaired) electrons. The minimum absolute atomic E-state index is 0.0384. The van der Waals surface area contributed by atoms with Crippen LogP contribution >= 0.6 is 11.6 Å². The molecule has 0 saturated carbocycles. The van der Waals surface area contributed by atoms with Gasteiger partial charge >= 0.3 is 0 Å². The molecular weight excluding hydrogens is 464 g/mol. The van der Waals surface area contributed by atoms with Crippen molar-refractivity contribution in [3.63, 3.8) is 0 Å². The highest BCUT2D eigenvalue weighted by Gasteiger charge is 2.46. The first-order chi connectivity index (χ1) is 16.8. The van der Waals surface area contributed by atoms with Gasteiger partial charge in [0.2, 0.25) is 0 Å². The van der Waals surface area contributed by atoms with Gasteiger partial charge in [-0.2, -0.15) is 0 Å². The van der Waals surface area contributed by atoms with Crippen molar-refractivity contribution in [3.8, 4) is 5.75 Å². The van der Waals surface area contributed by atoms with Crippen molar-refractivity contribution >= 4 is 29.1 Å². The van der Waals surface area contributed by atoms with Crippen molar-refractivity contribution in [2.24, 2.45) is 5.92 Å². The SMILES string of the molecule is Cc1cc(/C(O)=C2\C(=O)C(=O)N(Cc3cccnc3)[C@H]2c2ccc(Cl)cc2)ccc1OCC(C)C. The zero-order valence-electron chi connectivity index (χ0n) is 19.9. The van der Waals surface area contributed by atoms with E-state index in [4.69, 9.17) is 16.3 Å². The molecule has 2 aromatic carbocycles. The second-order valence-corrected chi connectivity index (χ2v) is 9.46. The van der Waals surface area contributed by atoms with Crippen LogP contribution in [0.2, 0.25) is 5.02 Å². The number of rotatable bonds is 7. The molecule has 1 fully saturated rings. The monoisotopic (exact) mass is 490 g/mol. The molecule has 1 aliphatic rings. The first kappa shape index (κ1) is 24.5. The van der Waals surface area contributed by atoms with Crippen molar-refractivity contribution in [3.05, 3.63) is 99.8 Å². The number of ketones is 1. The van der Waals surface area contributed by atoms with E-state index in [9.17, 15) is 14.7 Å². The van der Waals surface area contributed by atoms with Gasteiger partial charge in [-0.1, -0.05) is 43.6 Å². The van der Waals surface area contributed by atoms with Gasteiger partial charge in [0, 0.05) is 29.5 Å². The maximum absolute atomic E-state index is 13.2. The summed E-state index contributed by atoms with van der Waals surface area (Å²) in [7, 11) is 0. The van der Waals surface area contributed by atoms with Crippen LogP contribution in [-0.4, -0.2) is 33.3 Å². The molecule has 35 heavy (non-hydrogen) atoms. The molecule has 1 aliphatic heterocycles. The smallest absolute Gasteiger partial charge is 0.295 e. The summed E-state index contributed by atoms with van der Waals surface area (Å²) in [4.78, 5) is 31.9. The van der Waals surface area contributed by atoms with Crippen molar-refractivity contribution in [1.29, 1.82) is 0 Å². The van der Waals surface area contributed by atoms with Crippen molar-refractivity contribution in [1.82, 2.24) is 9.88 Å². The number of ether oxygens (including phenoxy) is 1. The highest BCUT2D eigenvalue weighted by Crippen LogP contribution is 2.41. The number of aryl methyl sites for hydroxylation is 1. The number of nitrogens with zero attached hydrogens (tertiary/aromatic N) is 2. The molecule has 1 amide bonds. The lowest BCUT2D eigenvalue weighted by molar-refractivity contribution is -0.140. The highest BCUT2D eigenvalue weighted by molar-refractivity contribution is 6.46. The molecule has 1 aromatic heterocycles. The average molecular weight is 491 g/mol. The maximum Gasteiger partial charge on any atom is 0.295 e. The quantitative estimate of drug-likeness (QED) is 0.261. The van der Waals surface area contributed by atoms with Gasteiger partial charge < -0.3 is 14.7 Å². The molecule has 0 unspecified atom stereocenters. The van der Waals surface area contributed by atoms with E-state index in [-0.39, 0.29) is 17.9 Å². The van der Waals surface area contributed by atoms with Crippen LogP contribution in [-0.2, 0) is 16.1 Å². The van der Waals surface area contributed by atoms with Gasteiger partial charge in [-0.25, -0.2) is 0 Å². The van der Waals surface area contributed by atoms with Crippen LogP contribution in [0.15, 0.2) is 72.6 Å². The minimum atomic E-state index is -0.773. The van der Waals surface area contributed by atoms with Crippen molar-refractivity contribution < 1.29 is 19.4 Å². The van der Waals surface area contributed by atoms with Crippen molar-refractivity contribution in [2.75, 3.05) is 6.61 Å². The lowest BCUT2D eigenvalue weighted by Gasteiger charge is -2.25. The van der Waals surface area contributed by atoms with E-state index in [1.807, 2.05) is 13.0 Å². The molecule has 4 rings (SSSR count). The number of Topliss-reactive ketones (excluding diaryl/α,β-unsaturated/α-hetero) is 1. The van der Waals surface area contributed by atoms with E-state index in [1.165, 1.54) is 4.90 Å². The summed E-state index contributed by atoms with van der Waals surface area (Å²) in [6, 6.07) is 15.0. The van der Waals surface area contributed by atoms with Gasteiger partial charge in [-0.15, -0.1) is 0 Å². The van der Waals surface area contributed by atoms with Gasteiger partial charge in [0.05, 0.1) is 18.2 Å². The maximum atomic E-state index is 13.2. The molecule has 0 bridgehead atoms. The first-order valence-corrected chi connectivity index (χ1v) is 11.8. The highest BCUT2D eigenvalue weighted by atomic mass is 35.5. The topological polar surface area (TPSA) is 79.7 Å². The second-order valence-electron chi connectivity index (χ2n) is 9.02. The lowest BCUT2D eigenvalue weighted by atomic mass is 9.94. The Balaban J connectivity index is 1.78. The molecule has 7 heteroatoms. The zero-order chi connectivity index (χ0) is 25.1. The average Bonchev–Trinajstić information content (AvgIpc) is 3.09. The zero-order valence-corrected chi connectivity index (χ0v) is 20.6. The Morgan fingerprint density at radius 1 is 1.14 bits per heavy atom. The Morgan fingerprint density at radius 3 is 2.51 bits per heavy atom. The number of aromatic nitrogens is 1. The first-order valence-electron chi connectivity index (χ1n) is 11.4. The fourth-order valence-electron chi connectivity index (χ4n) is 4.09. The summed E-state index contributed by atoms with van der Waals surface area (Å²) in [5.41, 5.74) is 2.75. The van der Waals surface area contributed by atoms with Crippen LogP contribution in [0.3, 0.4) is 0 Å². The van der Waals surface area contributed by atoms with Crippen LogP contribution in [0.25, 0.3) is 5.76 Å². The molecule has 1 N–H and O–H groups in total. The minimum Gasteiger partial charge on any atom is -0.507 e. The molecular formula is C28H27ClN2O4. The fraction of sp³-hybridized carbons (Fsp3) is 0.250. The Labute approximate surface area is 209 Å². The third-order valence-corrected chi connectivity index (χ3v) is 6.07. The number of likely N-dealkylation sites (tertiary alicyclic amines) is 1. The van der Waals surface area contributed by atoms with Gasteiger partial charge in [-0.3, -0.25) is 14.6 Å². The molecule has 6 nitrogen and oxygen atoms in total. The summed E-state index contributed by atoms with van der Waals surface area (Å²) in [5, 5.41) is 11.8. The normalized spacial score (nSPS) is 17.3. The van der Waals surface area contributed by atoms with Crippen LogP contribution in [0.1, 0.15) is 42.1 Å². The number of aliphatic hydroxyl groups excluding tert-OH is 1. The largest absolute Gasteiger partial charge is 0.507 e. The Hall–Kier alpha value is -3.64. The third-order valence-electron chi connectivity index (χ3n) is 5.82. The van der Waals surface area contributed by atoms with Crippen molar-refractivity contribution in [2.45, 2.75) is 33.4 Å². The van der Waals surface area contributed by atoms with Crippen LogP contribution in [0.5, 0.6) is 5.75 Å². The fourth-order valence-corrected chi connectivity index (χ4v) is 4.22. The van der Waals surface area contributed by atoms with Crippen LogP contribution in [0, 0.1) is 12.8 Å². The Bertz CT molecular complexity index is 1270. The lowest BCUT2D eigenvalue weighted by Crippen LogP contribution is -2.29. The molecule has 2 heterocycles. The molecule has 180 valence electrons. The number of aliphatic hydroxyl groups is 1. The molecule has 1 atom stereocenters. The van der Waals surface area contributed by atoms with Gasteiger partial charge in [-0.05, 0) is 65.9 Å². The van der Waals surface area contributed by atoms with E-state index in [0.717, 1.165) is 11.1 Å². The van der Waals surface area contributed by atoms with Gasteiger partial charge in [0.25, 0.3) is 11.7 Å².